The third kappa shape index (κ3) is 6.86. The van der Waals surface area contributed by atoms with Crippen LogP contribution in [0.5, 0.6) is 23.0 Å². The van der Waals surface area contributed by atoms with E-state index in [4.69, 9.17) is 18.9 Å². The molecule has 0 saturated heterocycles. The first kappa shape index (κ1) is 25.7. The summed E-state index contributed by atoms with van der Waals surface area (Å²) in [4.78, 5) is 6.45. The van der Waals surface area contributed by atoms with E-state index in [9.17, 15) is 0 Å². The molecule has 1 N–H and O–H groups in total. The van der Waals surface area contributed by atoms with E-state index >= 15 is 0 Å². The number of guanidine groups is 1. The van der Waals surface area contributed by atoms with Crippen molar-refractivity contribution in [2.24, 2.45) is 4.99 Å². The SMILES string of the molecule is CCOc1ccc(CN(C)C(=NC)NCc2cc(OC)c(OC)cc2OC)cc1.I. The van der Waals surface area contributed by atoms with E-state index in [1.54, 1.807) is 28.4 Å². The van der Waals surface area contributed by atoms with Gasteiger partial charge in [0.2, 0.25) is 0 Å². The highest BCUT2D eigenvalue weighted by atomic mass is 127. The molecule has 0 atom stereocenters. The molecule has 0 saturated carbocycles. The molecule has 0 amide bonds. The maximum absolute atomic E-state index is 5.50. The van der Waals surface area contributed by atoms with Gasteiger partial charge < -0.3 is 29.2 Å². The number of aliphatic imine (C=N–C) groups is 1. The number of nitrogens with zero attached hydrogens (tertiary/aromatic N) is 2. The van der Waals surface area contributed by atoms with E-state index < -0.39 is 0 Å². The van der Waals surface area contributed by atoms with Gasteiger partial charge in [-0.15, -0.1) is 24.0 Å². The van der Waals surface area contributed by atoms with Gasteiger partial charge in [0.25, 0.3) is 0 Å². The average molecular weight is 529 g/mol. The molecule has 0 radical (unpaired) electrons. The van der Waals surface area contributed by atoms with Gasteiger partial charge >= 0.3 is 0 Å². The minimum atomic E-state index is 0. The molecule has 0 unspecified atom stereocenters. The first-order valence-corrected chi connectivity index (χ1v) is 9.48. The van der Waals surface area contributed by atoms with Crippen molar-refractivity contribution in [2.45, 2.75) is 20.0 Å². The van der Waals surface area contributed by atoms with Crippen LogP contribution in [-0.4, -0.2) is 52.9 Å². The van der Waals surface area contributed by atoms with Gasteiger partial charge in [-0.1, -0.05) is 12.1 Å². The molecule has 0 bridgehead atoms. The Kier molecular flexibility index (Phi) is 11.2. The third-order valence-electron chi connectivity index (χ3n) is 4.45. The van der Waals surface area contributed by atoms with Gasteiger partial charge in [0, 0.05) is 38.8 Å². The highest BCUT2D eigenvalue weighted by Crippen LogP contribution is 2.34. The maximum Gasteiger partial charge on any atom is 0.193 e. The molecular weight excluding hydrogens is 497 g/mol. The van der Waals surface area contributed by atoms with E-state index in [1.807, 2.05) is 38.2 Å². The van der Waals surface area contributed by atoms with E-state index in [1.165, 1.54) is 5.56 Å². The van der Waals surface area contributed by atoms with Crippen LogP contribution in [-0.2, 0) is 13.1 Å². The summed E-state index contributed by atoms with van der Waals surface area (Å²) in [5, 5.41) is 3.38. The van der Waals surface area contributed by atoms with Crippen molar-refractivity contribution in [1.82, 2.24) is 10.2 Å². The molecule has 0 aliphatic rings. The molecule has 2 rings (SSSR count). The second kappa shape index (κ2) is 13.0. The lowest BCUT2D eigenvalue weighted by Gasteiger charge is -2.23. The first-order valence-electron chi connectivity index (χ1n) is 9.48. The highest BCUT2D eigenvalue weighted by molar-refractivity contribution is 14.0. The van der Waals surface area contributed by atoms with E-state index in [0.29, 0.717) is 24.7 Å². The van der Waals surface area contributed by atoms with Crippen LogP contribution in [0.15, 0.2) is 41.4 Å². The Bertz CT molecular complexity index is 813. The lowest BCUT2D eigenvalue weighted by Crippen LogP contribution is -2.38. The summed E-state index contributed by atoms with van der Waals surface area (Å²) in [6.07, 6.45) is 0. The average Bonchev–Trinajstić information content (AvgIpc) is 2.75. The summed E-state index contributed by atoms with van der Waals surface area (Å²) in [6.45, 7) is 3.89. The minimum Gasteiger partial charge on any atom is -0.496 e. The zero-order chi connectivity index (χ0) is 21.2. The van der Waals surface area contributed by atoms with E-state index in [0.717, 1.165) is 29.6 Å². The second-order valence-corrected chi connectivity index (χ2v) is 6.35. The zero-order valence-corrected chi connectivity index (χ0v) is 20.9. The Balaban J connectivity index is 0.00000450. The predicted molar refractivity (Wildman–Crippen MR) is 131 cm³/mol. The molecule has 7 nitrogen and oxygen atoms in total. The molecule has 0 aromatic heterocycles. The Morgan fingerprint density at radius 2 is 1.57 bits per heavy atom. The number of halogens is 1. The molecule has 2 aromatic carbocycles. The molecule has 166 valence electrons. The van der Waals surface area contributed by atoms with Gasteiger partial charge in [0.15, 0.2) is 17.5 Å². The second-order valence-electron chi connectivity index (χ2n) is 6.35. The van der Waals surface area contributed by atoms with Gasteiger partial charge in [0.05, 0.1) is 27.9 Å². The number of benzene rings is 2. The predicted octanol–water partition coefficient (Wildman–Crippen LogP) is 3.94. The third-order valence-corrected chi connectivity index (χ3v) is 4.45. The van der Waals surface area contributed by atoms with Crippen LogP contribution in [0.1, 0.15) is 18.1 Å². The van der Waals surface area contributed by atoms with E-state index in [-0.39, 0.29) is 24.0 Å². The number of methoxy groups -OCH3 is 3. The molecule has 0 aliphatic heterocycles. The van der Waals surface area contributed by atoms with Crippen molar-refractivity contribution < 1.29 is 18.9 Å². The number of hydrogen-bond donors (Lipinski definition) is 1. The van der Waals surface area contributed by atoms with Crippen molar-refractivity contribution in [2.75, 3.05) is 42.0 Å². The fourth-order valence-electron chi connectivity index (χ4n) is 3.00. The lowest BCUT2D eigenvalue weighted by atomic mass is 10.1. The number of rotatable bonds is 9. The van der Waals surface area contributed by atoms with Crippen LogP contribution in [0.25, 0.3) is 0 Å². The Morgan fingerprint density at radius 3 is 2.10 bits per heavy atom. The molecule has 0 aliphatic carbocycles. The molecule has 8 heteroatoms. The van der Waals surface area contributed by atoms with Crippen LogP contribution in [0.3, 0.4) is 0 Å². The van der Waals surface area contributed by atoms with Crippen LogP contribution in [0.4, 0.5) is 0 Å². The van der Waals surface area contributed by atoms with Crippen molar-refractivity contribution in [1.29, 1.82) is 0 Å². The lowest BCUT2D eigenvalue weighted by molar-refractivity contribution is 0.340. The van der Waals surface area contributed by atoms with Crippen LogP contribution >= 0.6 is 24.0 Å². The fraction of sp³-hybridized carbons (Fsp3) is 0.409. The molecule has 30 heavy (non-hydrogen) atoms. The summed E-state index contributed by atoms with van der Waals surface area (Å²) in [6, 6.07) is 11.8. The smallest absolute Gasteiger partial charge is 0.193 e. The Hall–Kier alpha value is -2.36. The van der Waals surface area contributed by atoms with Crippen LogP contribution in [0, 0.1) is 0 Å². The summed E-state index contributed by atoms with van der Waals surface area (Å²) in [5.74, 6) is 3.66. The van der Waals surface area contributed by atoms with Gasteiger partial charge in [-0.2, -0.15) is 0 Å². The largest absolute Gasteiger partial charge is 0.496 e. The Labute approximate surface area is 196 Å². The van der Waals surface area contributed by atoms with Crippen molar-refractivity contribution in [3.8, 4) is 23.0 Å². The van der Waals surface area contributed by atoms with Crippen molar-refractivity contribution in [3.63, 3.8) is 0 Å². The molecule has 2 aromatic rings. The summed E-state index contributed by atoms with van der Waals surface area (Å²) >= 11 is 0. The van der Waals surface area contributed by atoms with Crippen LogP contribution in [0.2, 0.25) is 0 Å². The fourth-order valence-corrected chi connectivity index (χ4v) is 3.00. The summed E-state index contributed by atoms with van der Waals surface area (Å²) in [5.41, 5.74) is 2.11. The normalized spacial score (nSPS) is 10.7. The topological polar surface area (TPSA) is 64.6 Å². The summed E-state index contributed by atoms with van der Waals surface area (Å²) in [7, 11) is 8.62. The minimum absolute atomic E-state index is 0. The van der Waals surface area contributed by atoms with E-state index in [2.05, 4.69) is 27.3 Å². The number of nitrogens with one attached hydrogen (secondary N) is 1. The van der Waals surface area contributed by atoms with Crippen LogP contribution < -0.4 is 24.3 Å². The van der Waals surface area contributed by atoms with Gasteiger partial charge in [-0.05, 0) is 30.7 Å². The van der Waals surface area contributed by atoms with Gasteiger partial charge in [-0.25, -0.2) is 0 Å². The molecule has 0 spiro atoms. The standard InChI is InChI=1S/C22H31N3O4.HI/c1-7-29-18-10-8-16(9-11-18)15-25(3)22(23-2)24-14-17-12-20(27-5)21(28-6)13-19(17)26-4;/h8-13H,7,14-15H2,1-6H3,(H,23,24);1H. The first-order chi connectivity index (χ1) is 14.1. The monoisotopic (exact) mass is 529 g/mol. The highest BCUT2D eigenvalue weighted by Gasteiger charge is 2.13. The van der Waals surface area contributed by atoms with Gasteiger partial charge in [0.1, 0.15) is 11.5 Å². The maximum atomic E-state index is 5.50. The number of hydrogen-bond acceptors (Lipinski definition) is 5. The van der Waals surface area contributed by atoms with Crippen molar-refractivity contribution in [3.05, 3.63) is 47.5 Å². The van der Waals surface area contributed by atoms with Crippen molar-refractivity contribution >= 4 is 29.9 Å². The number of ether oxygens (including phenoxy) is 4. The Morgan fingerprint density at radius 1 is 0.967 bits per heavy atom. The molecule has 0 fully saturated rings. The molecular formula is C22H32IN3O4. The van der Waals surface area contributed by atoms with Gasteiger partial charge in [-0.3, -0.25) is 4.99 Å². The quantitative estimate of drug-likeness (QED) is 0.302. The zero-order valence-electron chi connectivity index (χ0n) is 18.5. The molecule has 0 heterocycles. The summed E-state index contributed by atoms with van der Waals surface area (Å²) < 4.78 is 21.7.